The van der Waals surface area contributed by atoms with E-state index < -0.39 is 0 Å². The first kappa shape index (κ1) is 16.5. The van der Waals surface area contributed by atoms with Crippen LogP contribution in [-0.4, -0.2) is 30.8 Å². The minimum atomic E-state index is -0.281. The predicted octanol–water partition coefficient (Wildman–Crippen LogP) is 2.62. The average molecular weight is 306 g/mol. The minimum absolute atomic E-state index is 0.200. The van der Waals surface area contributed by atoms with Gasteiger partial charge >= 0.3 is 11.9 Å². The Morgan fingerprint density at radius 1 is 1.36 bits per heavy atom. The van der Waals surface area contributed by atoms with Gasteiger partial charge in [-0.25, -0.2) is 0 Å². The van der Waals surface area contributed by atoms with Gasteiger partial charge < -0.3 is 14.2 Å². The van der Waals surface area contributed by atoms with Crippen LogP contribution in [0.2, 0.25) is 0 Å². The molecule has 0 aliphatic carbocycles. The minimum Gasteiger partial charge on any atom is -0.466 e. The van der Waals surface area contributed by atoms with E-state index in [4.69, 9.17) is 14.2 Å². The smallest absolute Gasteiger partial charge is 0.306 e. The van der Waals surface area contributed by atoms with Crippen LogP contribution in [0.5, 0.6) is 0 Å². The van der Waals surface area contributed by atoms with E-state index in [1.807, 2.05) is 30.3 Å². The van der Waals surface area contributed by atoms with E-state index in [1.165, 1.54) is 0 Å². The largest absolute Gasteiger partial charge is 0.466 e. The third-order valence-electron chi connectivity index (χ3n) is 3.58. The molecule has 0 spiro atoms. The maximum absolute atomic E-state index is 11.5. The molecule has 2 rings (SSSR count). The predicted molar refractivity (Wildman–Crippen MR) is 80.0 cm³/mol. The van der Waals surface area contributed by atoms with Crippen molar-refractivity contribution in [2.24, 2.45) is 0 Å². The molecule has 22 heavy (non-hydrogen) atoms. The number of hydrogen-bond donors (Lipinski definition) is 0. The van der Waals surface area contributed by atoms with Crippen molar-refractivity contribution in [3.8, 4) is 0 Å². The number of cyclic esters (lactones) is 1. The van der Waals surface area contributed by atoms with Crippen molar-refractivity contribution in [2.45, 2.75) is 51.4 Å². The summed E-state index contributed by atoms with van der Waals surface area (Å²) in [4.78, 5) is 22.8. The molecule has 2 atom stereocenters. The van der Waals surface area contributed by atoms with Crippen LogP contribution in [0.15, 0.2) is 30.3 Å². The fourth-order valence-corrected chi connectivity index (χ4v) is 2.46. The first-order chi connectivity index (χ1) is 10.7. The summed E-state index contributed by atoms with van der Waals surface area (Å²) in [5.74, 6) is -0.449. The Kier molecular flexibility index (Phi) is 6.40. The van der Waals surface area contributed by atoms with Crippen molar-refractivity contribution in [3.63, 3.8) is 0 Å². The first-order valence-corrected chi connectivity index (χ1v) is 7.69. The lowest BCUT2D eigenvalue weighted by atomic mass is 10.1. The second kappa shape index (κ2) is 8.54. The van der Waals surface area contributed by atoms with Crippen molar-refractivity contribution in [3.05, 3.63) is 35.9 Å². The highest BCUT2D eigenvalue weighted by Crippen LogP contribution is 2.23. The molecule has 1 aliphatic rings. The molecule has 1 heterocycles. The molecule has 5 heteroatoms. The summed E-state index contributed by atoms with van der Waals surface area (Å²) in [6.45, 7) is 2.58. The number of carbonyl (C=O) groups excluding carboxylic acids is 2. The van der Waals surface area contributed by atoms with Crippen molar-refractivity contribution in [2.75, 3.05) is 6.61 Å². The lowest BCUT2D eigenvalue weighted by Crippen LogP contribution is -2.30. The maximum Gasteiger partial charge on any atom is 0.306 e. The third-order valence-corrected chi connectivity index (χ3v) is 3.58. The number of esters is 2. The number of rotatable bonds is 8. The molecular weight excluding hydrogens is 284 g/mol. The molecule has 120 valence electrons. The van der Waals surface area contributed by atoms with E-state index in [0.717, 1.165) is 5.56 Å². The molecule has 0 aromatic heterocycles. The van der Waals surface area contributed by atoms with E-state index in [1.54, 1.807) is 6.92 Å². The summed E-state index contributed by atoms with van der Waals surface area (Å²) in [5, 5.41) is 0. The molecule has 5 nitrogen and oxygen atoms in total. The van der Waals surface area contributed by atoms with Gasteiger partial charge in [-0.15, -0.1) is 0 Å². The normalized spacial score (nSPS) is 18.8. The maximum atomic E-state index is 11.5. The van der Waals surface area contributed by atoms with Gasteiger partial charge in [0.1, 0.15) is 6.10 Å². The molecular formula is C17H22O5. The number of benzene rings is 1. The molecule has 0 amide bonds. The van der Waals surface area contributed by atoms with Crippen LogP contribution in [0.1, 0.15) is 38.2 Å². The Bertz CT molecular complexity index is 485. The van der Waals surface area contributed by atoms with Crippen LogP contribution in [0.3, 0.4) is 0 Å². The Morgan fingerprint density at radius 2 is 2.14 bits per heavy atom. The lowest BCUT2D eigenvalue weighted by Gasteiger charge is -2.22. The van der Waals surface area contributed by atoms with Crippen LogP contribution in [0, 0.1) is 0 Å². The number of hydrogen-bond acceptors (Lipinski definition) is 5. The second-order valence-corrected chi connectivity index (χ2v) is 5.25. The van der Waals surface area contributed by atoms with E-state index in [9.17, 15) is 9.59 Å². The standard InChI is InChI=1S/C17H22O5/c1-2-20-16(18)10-8-14(15-9-11-17(19)22-15)21-12-13-6-4-3-5-7-13/h3-7,14-15H,2,8-12H2,1H3/t14-,15-/m1/s1. The first-order valence-electron chi connectivity index (χ1n) is 7.69. The average Bonchev–Trinajstić information content (AvgIpc) is 2.95. The van der Waals surface area contributed by atoms with E-state index in [-0.39, 0.29) is 30.6 Å². The van der Waals surface area contributed by atoms with E-state index >= 15 is 0 Å². The zero-order valence-corrected chi connectivity index (χ0v) is 12.8. The zero-order chi connectivity index (χ0) is 15.8. The Morgan fingerprint density at radius 3 is 2.77 bits per heavy atom. The lowest BCUT2D eigenvalue weighted by molar-refractivity contribution is -0.149. The van der Waals surface area contributed by atoms with Crippen LogP contribution >= 0.6 is 0 Å². The zero-order valence-electron chi connectivity index (χ0n) is 12.8. The summed E-state index contributed by atoms with van der Waals surface area (Å²) in [6, 6.07) is 9.79. The number of carbonyl (C=O) groups is 2. The molecule has 0 unspecified atom stereocenters. The van der Waals surface area contributed by atoms with Crippen LogP contribution < -0.4 is 0 Å². The SMILES string of the molecule is CCOC(=O)CC[C@@H](OCc1ccccc1)[C@H]1CCC(=O)O1. The monoisotopic (exact) mass is 306 g/mol. The summed E-state index contributed by atoms with van der Waals surface area (Å²) in [5.41, 5.74) is 1.05. The van der Waals surface area contributed by atoms with Gasteiger partial charge in [0.15, 0.2) is 0 Å². The van der Waals surface area contributed by atoms with Crippen molar-refractivity contribution < 1.29 is 23.8 Å². The van der Waals surface area contributed by atoms with Crippen molar-refractivity contribution in [1.29, 1.82) is 0 Å². The highest BCUT2D eigenvalue weighted by Gasteiger charge is 2.32. The van der Waals surface area contributed by atoms with Gasteiger partial charge in [0.05, 0.1) is 19.3 Å². The Hall–Kier alpha value is -1.88. The summed E-state index contributed by atoms with van der Waals surface area (Å²) in [7, 11) is 0. The van der Waals surface area contributed by atoms with Crippen molar-refractivity contribution in [1.82, 2.24) is 0 Å². The fraction of sp³-hybridized carbons (Fsp3) is 0.529. The third kappa shape index (κ3) is 5.15. The molecule has 1 saturated heterocycles. The number of ether oxygens (including phenoxy) is 3. The van der Waals surface area contributed by atoms with Gasteiger partial charge in [0.25, 0.3) is 0 Å². The Balaban J connectivity index is 1.89. The summed E-state index contributed by atoms with van der Waals surface area (Å²) in [6.07, 6.45) is 1.25. The molecule has 1 aromatic carbocycles. The van der Waals surface area contributed by atoms with Crippen LogP contribution in [0.4, 0.5) is 0 Å². The Labute approximate surface area is 130 Å². The molecule has 1 aliphatic heterocycles. The van der Waals surface area contributed by atoms with Gasteiger partial charge in [-0.2, -0.15) is 0 Å². The highest BCUT2D eigenvalue weighted by atomic mass is 16.6. The van der Waals surface area contributed by atoms with Gasteiger partial charge in [-0.1, -0.05) is 30.3 Å². The van der Waals surface area contributed by atoms with Gasteiger partial charge in [-0.3, -0.25) is 9.59 Å². The van der Waals surface area contributed by atoms with E-state index in [0.29, 0.717) is 32.5 Å². The van der Waals surface area contributed by atoms with Crippen LogP contribution in [-0.2, 0) is 30.4 Å². The fourth-order valence-electron chi connectivity index (χ4n) is 2.46. The van der Waals surface area contributed by atoms with E-state index in [2.05, 4.69) is 0 Å². The van der Waals surface area contributed by atoms with Gasteiger partial charge in [0, 0.05) is 12.8 Å². The van der Waals surface area contributed by atoms with Crippen LogP contribution in [0.25, 0.3) is 0 Å². The molecule has 1 fully saturated rings. The molecule has 0 saturated carbocycles. The topological polar surface area (TPSA) is 61.8 Å². The second-order valence-electron chi connectivity index (χ2n) is 5.25. The highest BCUT2D eigenvalue weighted by molar-refractivity contribution is 5.71. The van der Waals surface area contributed by atoms with Gasteiger partial charge in [-0.05, 0) is 25.3 Å². The summed E-state index contributed by atoms with van der Waals surface area (Å²) >= 11 is 0. The van der Waals surface area contributed by atoms with Gasteiger partial charge in [0.2, 0.25) is 0 Å². The van der Waals surface area contributed by atoms with Crippen molar-refractivity contribution >= 4 is 11.9 Å². The quantitative estimate of drug-likeness (QED) is 0.691. The molecule has 1 aromatic rings. The molecule has 0 N–H and O–H groups in total. The molecule has 0 bridgehead atoms. The molecule has 0 radical (unpaired) electrons. The summed E-state index contributed by atoms with van der Waals surface area (Å²) < 4.78 is 16.1.